The molecule has 0 aliphatic rings. The van der Waals surface area contributed by atoms with E-state index in [0.717, 1.165) is 10.9 Å². The lowest BCUT2D eigenvalue weighted by Gasteiger charge is -2.03. The van der Waals surface area contributed by atoms with Crippen LogP contribution in [0.1, 0.15) is 23.7 Å². The maximum atomic E-state index is 11.6. The molecule has 0 fully saturated rings. The average molecular weight is 292 g/mol. The first-order valence-electron chi connectivity index (χ1n) is 4.70. The summed E-state index contributed by atoms with van der Waals surface area (Å²) in [5, 5.41) is 0.545. The van der Waals surface area contributed by atoms with Gasteiger partial charge in [-0.15, -0.1) is 0 Å². The summed E-state index contributed by atoms with van der Waals surface area (Å²) in [6.07, 6.45) is 0.909. The van der Waals surface area contributed by atoms with Crippen molar-refractivity contribution in [2.75, 3.05) is 13.2 Å². The Labute approximate surface area is 103 Å². The van der Waals surface area contributed by atoms with E-state index in [-0.39, 0.29) is 12.4 Å². The predicted molar refractivity (Wildman–Crippen MR) is 64.6 cm³/mol. The highest BCUT2D eigenvalue weighted by atomic mass is 79.9. The number of halogens is 2. The highest BCUT2D eigenvalue weighted by Gasteiger charge is 2.07. The van der Waals surface area contributed by atoms with Gasteiger partial charge in [-0.25, -0.2) is 0 Å². The van der Waals surface area contributed by atoms with Gasteiger partial charge in [-0.2, -0.15) is 0 Å². The summed E-state index contributed by atoms with van der Waals surface area (Å²) in [7, 11) is 0. The number of hydrogen-bond donors (Lipinski definition) is 0. The molecule has 0 unspecified atom stereocenters. The molecule has 0 radical (unpaired) electrons. The Hall–Kier alpha value is -0.380. The van der Waals surface area contributed by atoms with Gasteiger partial charge in [-0.3, -0.25) is 4.79 Å². The van der Waals surface area contributed by atoms with E-state index < -0.39 is 0 Å². The van der Waals surface area contributed by atoms with Crippen LogP contribution in [0.25, 0.3) is 0 Å². The van der Waals surface area contributed by atoms with E-state index in [1.807, 2.05) is 6.92 Å². The predicted octanol–water partition coefficient (Wildman–Crippen LogP) is 3.71. The zero-order valence-corrected chi connectivity index (χ0v) is 10.8. The topological polar surface area (TPSA) is 26.3 Å². The van der Waals surface area contributed by atoms with Crippen LogP contribution < -0.4 is 0 Å². The van der Waals surface area contributed by atoms with Crippen LogP contribution in [0.5, 0.6) is 0 Å². The van der Waals surface area contributed by atoms with E-state index in [9.17, 15) is 4.79 Å². The van der Waals surface area contributed by atoms with E-state index in [1.54, 1.807) is 18.2 Å². The molecule has 0 N–H and O–H groups in total. The molecule has 0 heterocycles. The average Bonchev–Trinajstić information content (AvgIpc) is 2.16. The van der Waals surface area contributed by atoms with Crippen molar-refractivity contribution in [1.82, 2.24) is 0 Å². The van der Waals surface area contributed by atoms with E-state index in [0.29, 0.717) is 17.2 Å². The molecule has 0 amide bonds. The summed E-state index contributed by atoms with van der Waals surface area (Å²) in [6, 6.07) is 5.12. The molecule has 2 nitrogen and oxygen atoms in total. The second-order valence-corrected chi connectivity index (χ2v) is 4.49. The Morgan fingerprint density at radius 1 is 1.47 bits per heavy atom. The number of carbonyl (C=O) groups is 1. The number of ether oxygens (including phenoxy) is 1. The van der Waals surface area contributed by atoms with Gasteiger partial charge in [0.1, 0.15) is 6.61 Å². The maximum Gasteiger partial charge on any atom is 0.188 e. The second kappa shape index (κ2) is 6.26. The largest absolute Gasteiger partial charge is 0.373 e. The Morgan fingerprint density at radius 3 is 2.80 bits per heavy atom. The number of rotatable bonds is 5. The molecule has 1 aromatic carbocycles. The van der Waals surface area contributed by atoms with Crippen LogP contribution in [0.15, 0.2) is 22.7 Å². The minimum Gasteiger partial charge on any atom is -0.373 e. The molecule has 0 saturated heterocycles. The van der Waals surface area contributed by atoms with Gasteiger partial charge in [-0.1, -0.05) is 34.5 Å². The van der Waals surface area contributed by atoms with Gasteiger partial charge in [-0.05, 0) is 24.6 Å². The summed E-state index contributed by atoms with van der Waals surface area (Å²) >= 11 is 9.12. The minimum absolute atomic E-state index is 0.0494. The van der Waals surface area contributed by atoms with Crippen molar-refractivity contribution in [3.63, 3.8) is 0 Å². The van der Waals surface area contributed by atoms with Crippen molar-refractivity contribution in [1.29, 1.82) is 0 Å². The van der Waals surface area contributed by atoms with Gasteiger partial charge in [0.05, 0.1) is 0 Å². The summed E-state index contributed by atoms with van der Waals surface area (Å²) in [5.74, 6) is -0.0494. The van der Waals surface area contributed by atoms with Crippen LogP contribution in [0, 0.1) is 0 Å². The van der Waals surface area contributed by atoms with E-state index in [1.165, 1.54) is 0 Å². The standard InChI is InChI=1S/C11H12BrClO2/c1-2-3-15-7-11(14)8-4-9(12)6-10(13)5-8/h4-6H,2-3,7H2,1H3. The van der Waals surface area contributed by atoms with Gasteiger partial charge < -0.3 is 4.74 Å². The third-order valence-corrected chi connectivity index (χ3v) is 2.44. The molecular formula is C11H12BrClO2. The number of ketones is 1. The Balaban J connectivity index is 2.65. The molecule has 1 aromatic rings. The van der Waals surface area contributed by atoms with Crippen molar-refractivity contribution in [2.24, 2.45) is 0 Å². The summed E-state index contributed by atoms with van der Waals surface area (Å²) in [4.78, 5) is 11.6. The van der Waals surface area contributed by atoms with Crippen LogP contribution in [-0.2, 0) is 4.74 Å². The van der Waals surface area contributed by atoms with Gasteiger partial charge in [0, 0.05) is 21.7 Å². The number of carbonyl (C=O) groups excluding carboxylic acids is 1. The van der Waals surface area contributed by atoms with Crippen molar-refractivity contribution in [2.45, 2.75) is 13.3 Å². The van der Waals surface area contributed by atoms with Crippen LogP contribution in [0.3, 0.4) is 0 Å². The maximum absolute atomic E-state index is 11.6. The molecule has 0 atom stereocenters. The zero-order chi connectivity index (χ0) is 11.3. The van der Waals surface area contributed by atoms with Gasteiger partial charge in [0.25, 0.3) is 0 Å². The lowest BCUT2D eigenvalue weighted by molar-refractivity contribution is 0.0761. The molecular weight excluding hydrogens is 279 g/mol. The first-order chi connectivity index (χ1) is 7.13. The number of Topliss-reactive ketones (excluding diaryl/α,β-unsaturated/α-hetero) is 1. The van der Waals surface area contributed by atoms with Gasteiger partial charge >= 0.3 is 0 Å². The van der Waals surface area contributed by atoms with Crippen LogP contribution >= 0.6 is 27.5 Å². The normalized spacial score (nSPS) is 10.3. The quantitative estimate of drug-likeness (QED) is 0.610. The van der Waals surface area contributed by atoms with Gasteiger partial charge in [0.15, 0.2) is 5.78 Å². The molecule has 0 aliphatic heterocycles. The molecule has 15 heavy (non-hydrogen) atoms. The highest BCUT2D eigenvalue weighted by Crippen LogP contribution is 2.19. The van der Waals surface area contributed by atoms with Crippen molar-refractivity contribution < 1.29 is 9.53 Å². The Bertz CT molecular complexity index is 332. The number of benzene rings is 1. The Kier molecular flexibility index (Phi) is 5.29. The Morgan fingerprint density at radius 2 is 2.20 bits per heavy atom. The monoisotopic (exact) mass is 290 g/mol. The van der Waals surface area contributed by atoms with E-state index in [4.69, 9.17) is 16.3 Å². The van der Waals surface area contributed by atoms with Crippen LogP contribution in [0.2, 0.25) is 5.02 Å². The number of hydrogen-bond acceptors (Lipinski definition) is 2. The summed E-state index contributed by atoms with van der Waals surface area (Å²) < 4.78 is 5.97. The molecule has 0 bridgehead atoms. The smallest absolute Gasteiger partial charge is 0.188 e. The molecule has 4 heteroatoms. The lowest BCUT2D eigenvalue weighted by atomic mass is 10.1. The highest BCUT2D eigenvalue weighted by molar-refractivity contribution is 9.10. The first-order valence-corrected chi connectivity index (χ1v) is 5.87. The molecule has 0 aliphatic carbocycles. The molecule has 0 aromatic heterocycles. The molecule has 82 valence electrons. The summed E-state index contributed by atoms with van der Waals surface area (Å²) in [5.41, 5.74) is 0.575. The summed E-state index contributed by atoms with van der Waals surface area (Å²) in [6.45, 7) is 2.72. The molecule has 0 spiro atoms. The van der Waals surface area contributed by atoms with Gasteiger partial charge in [0.2, 0.25) is 0 Å². The first kappa shape index (κ1) is 12.7. The van der Waals surface area contributed by atoms with Crippen molar-refractivity contribution >= 4 is 33.3 Å². The van der Waals surface area contributed by atoms with E-state index in [2.05, 4.69) is 15.9 Å². The fourth-order valence-electron chi connectivity index (χ4n) is 1.11. The van der Waals surface area contributed by atoms with E-state index >= 15 is 0 Å². The lowest BCUT2D eigenvalue weighted by Crippen LogP contribution is -2.09. The second-order valence-electron chi connectivity index (χ2n) is 3.13. The fraction of sp³-hybridized carbons (Fsp3) is 0.364. The minimum atomic E-state index is -0.0494. The fourth-order valence-corrected chi connectivity index (χ4v) is 1.97. The SMILES string of the molecule is CCCOCC(=O)c1cc(Cl)cc(Br)c1. The zero-order valence-electron chi connectivity index (χ0n) is 8.43. The van der Waals surface area contributed by atoms with Crippen LogP contribution in [-0.4, -0.2) is 19.0 Å². The van der Waals surface area contributed by atoms with Crippen molar-refractivity contribution in [3.8, 4) is 0 Å². The third kappa shape index (κ3) is 4.33. The molecule has 1 rings (SSSR count). The van der Waals surface area contributed by atoms with Crippen LogP contribution in [0.4, 0.5) is 0 Å². The third-order valence-electron chi connectivity index (χ3n) is 1.77. The molecule has 0 saturated carbocycles. The van der Waals surface area contributed by atoms with Crippen molar-refractivity contribution in [3.05, 3.63) is 33.3 Å².